The number of likely N-dealkylation sites (tertiary alicyclic amines) is 1. The zero-order valence-corrected chi connectivity index (χ0v) is 11.9. The minimum atomic E-state index is -0.740. The quantitative estimate of drug-likeness (QED) is 0.921. The minimum Gasteiger partial charge on any atom is -0.481 e. The number of carbonyl (C=O) groups is 1. The SMILES string of the molecule is CC1C(C(=O)O)CCN1CCn1c(=O)oc2ccccc21. The van der Waals surface area contributed by atoms with E-state index in [9.17, 15) is 9.59 Å². The number of aromatic nitrogens is 1. The van der Waals surface area contributed by atoms with Crippen LogP contribution in [0.1, 0.15) is 13.3 Å². The first-order valence-electron chi connectivity index (χ1n) is 7.13. The lowest BCUT2D eigenvalue weighted by atomic mass is 10.0. The van der Waals surface area contributed by atoms with Crippen molar-refractivity contribution in [3.05, 3.63) is 34.8 Å². The maximum atomic E-state index is 11.9. The number of para-hydroxylation sites is 2. The summed E-state index contributed by atoms with van der Waals surface area (Å²) >= 11 is 0. The van der Waals surface area contributed by atoms with E-state index in [1.807, 2.05) is 25.1 Å². The van der Waals surface area contributed by atoms with Gasteiger partial charge >= 0.3 is 11.7 Å². The molecule has 1 aliphatic heterocycles. The first-order valence-corrected chi connectivity index (χ1v) is 7.13. The van der Waals surface area contributed by atoms with E-state index in [1.54, 1.807) is 10.6 Å². The fourth-order valence-corrected chi connectivity index (χ4v) is 3.10. The lowest BCUT2D eigenvalue weighted by molar-refractivity contribution is -0.142. The number of nitrogens with zero attached hydrogens (tertiary/aromatic N) is 2. The molecule has 2 heterocycles. The van der Waals surface area contributed by atoms with Crippen molar-refractivity contribution < 1.29 is 14.3 Å². The van der Waals surface area contributed by atoms with E-state index in [4.69, 9.17) is 9.52 Å². The first-order chi connectivity index (χ1) is 10.1. The lowest BCUT2D eigenvalue weighted by Gasteiger charge is -2.22. The van der Waals surface area contributed by atoms with Crippen LogP contribution in [0.4, 0.5) is 0 Å². The minimum absolute atomic E-state index is 0.00336. The molecule has 2 atom stereocenters. The number of hydrogen-bond acceptors (Lipinski definition) is 4. The number of fused-ring (bicyclic) bond motifs is 1. The monoisotopic (exact) mass is 290 g/mol. The van der Waals surface area contributed by atoms with Crippen LogP contribution in [0.2, 0.25) is 0 Å². The molecule has 1 N–H and O–H groups in total. The van der Waals surface area contributed by atoms with E-state index < -0.39 is 5.97 Å². The van der Waals surface area contributed by atoms with Crippen molar-refractivity contribution >= 4 is 17.1 Å². The zero-order chi connectivity index (χ0) is 15.0. The highest BCUT2D eigenvalue weighted by Crippen LogP contribution is 2.24. The van der Waals surface area contributed by atoms with Crippen LogP contribution in [-0.2, 0) is 11.3 Å². The fourth-order valence-electron chi connectivity index (χ4n) is 3.10. The molecular formula is C15H18N2O4. The standard InChI is InChI=1S/C15H18N2O4/c1-10-11(14(18)19)6-7-16(10)8-9-17-12-4-2-3-5-13(12)21-15(17)20/h2-5,10-11H,6-9H2,1H3,(H,18,19). The molecule has 1 aromatic heterocycles. The molecule has 1 saturated heterocycles. The van der Waals surface area contributed by atoms with E-state index >= 15 is 0 Å². The average Bonchev–Trinajstić information content (AvgIpc) is 2.96. The number of carboxylic acid groups (broad SMARTS) is 1. The van der Waals surface area contributed by atoms with Crippen molar-refractivity contribution in [1.29, 1.82) is 0 Å². The third-order valence-electron chi connectivity index (χ3n) is 4.39. The average molecular weight is 290 g/mol. The van der Waals surface area contributed by atoms with Crippen LogP contribution in [0.15, 0.2) is 33.5 Å². The third kappa shape index (κ3) is 2.47. The van der Waals surface area contributed by atoms with Gasteiger partial charge in [-0.1, -0.05) is 12.1 Å². The van der Waals surface area contributed by atoms with Crippen LogP contribution in [-0.4, -0.2) is 39.7 Å². The molecule has 6 nitrogen and oxygen atoms in total. The van der Waals surface area contributed by atoms with E-state index in [2.05, 4.69) is 4.90 Å². The van der Waals surface area contributed by atoms with Crippen molar-refractivity contribution in [3.63, 3.8) is 0 Å². The van der Waals surface area contributed by atoms with Crippen molar-refractivity contribution in [1.82, 2.24) is 9.47 Å². The van der Waals surface area contributed by atoms with Gasteiger partial charge in [0.05, 0.1) is 11.4 Å². The molecular weight excluding hydrogens is 272 g/mol. The molecule has 0 aliphatic carbocycles. The Morgan fingerprint density at radius 3 is 2.86 bits per heavy atom. The third-order valence-corrected chi connectivity index (χ3v) is 4.39. The summed E-state index contributed by atoms with van der Waals surface area (Å²) in [6, 6.07) is 7.32. The Labute approximate surface area is 121 Å². The second-order valence-corrected chi connectivity index (χ2v) is 5.50. The molecule has 6 heteroatoms. The molecule has 1 aromatic carbocycles. The second kappa shape index (κ2) is 5.37. The van der Waals surface area contributed by atoms with Crippen LogP contribution in [0.5, 0.6) is 0 Å². The number of carboxylic acids is 1. The smallest absolute Gasteiger partial charge is 0.419 e. The second-order valence-electron chi connectivity index (χ2n) is 5.50. The fraction of sp³-hybridized carbons (Fsp3) is 0.467. The Kier molecular flexibility index (Phi) is 3.55. The Morgan fingerprint density at radius 1 is 1.38 bits per heavy atom. The highest BCUT2D eigenvalue weighted by atomic mass is 16.4. The molecule has 112 valence electrons. The van der Waals surface area contributed by atoms with Gasteiger partial charge in [0.2, 0.25) is 0 Å². The van der Waals surface area contributed by atoms with Crippen molar-refractivity contribution in [2.45, 2.75) is 25.9 Å². The Morgan fingerprint density at radius 2 is 2.14 bits per heavy atom. The largest absolute Gasteiger partial charge is 0.481 e. The predicted octanol–water partition coefficient (Wildman–Crippen LogP) is 1.39. The first kappa shape index (κ1) is 13.9. The molecule has 1 aliphatic rings. The molecule has 0 amide bonds. The maximum Gasteiger partial charge on any atom is 0.419 e. The van der Waals surface area contributed by atoms with Gasteiger partial charge in [0.15, 0.2) is 5.58 Å². The van der Waals surface area contributed by atoms with Crippen LogP contribution in [0.3, 0.4) is 0 Å². The summed E-state index contributed by atoms with van der Waals surface area (Å²) < 4.78 is 6.80. The summed E-state index contributed by atoms with van der Waals surface area (Å²) in [7, 11) is 0. The van der Waals surface area contributed by atoms with Gasteiger partial charge in [0.25, 0.3) is 0 Å². The van der Waals surface area contributed by atoms with E-state index in [1.165, 1.54) is 0 Å². The molecule has 0 bridgehead atoms. The number of aliphatic carboxylic acids is 1. The van der Waals surface area contributed by atoms with Crippen molar-refractivity contribution in [2.24, 2.45) is 5.92 Å². The maximum absolute atomic E-state index is 11.9. The lowest BCUT2D eigenvalue weighted by Crippen LogP contribution is -2.36. The normalized spacial score (nSPS) is 22.9. The molecule has 21 heavy (non-hydrogen) atoms. The van der Waals surface area contributed by atoms with Gasteiger partial charge in [0.1, 0.15) is 0 Å². The number of hydrogen-bond donors (Lipinski definition) is 1. The molecule has 2 aromatic rings. The topological polar surface area (TPSA) is 75.7 Å². The van der Waals surface area contributed by atoms with E-state index in [0.717, 1.165) is 12.1 Å². The van der Waals surface area contributed by atoms with Gasteiger partial charge in [-0.3, -0.25) is 14.3 Å². The van der Waals surface area contributed by atoms with Crippen LogP contribution in [0, 0.1) is 5.92 Å². The summed E-state index contributed by atoms with van der Waals surface area (Å²) in [5, 5.41) is 9.14. The summed E-state index contributed by atoms with van der Waals surface area (Å²) in [5.74, 6) is -1.42. The van der Waals surface area contributed by atoms with Crippen molar-refractivity contribution in [2.75, 3.05) is 13.1 Å². The number of oxazole rings is 1. The molecule has 3 rings (SSSR count). The Balaban J connectivity index is 1.74. The Bertz CT molecular complexity index is 718. The number of benzene rings is 1. The van der Waals surface area contributed by atoms with Gasteiger partial charge in [-0.05, 0) is 32.0 Å². The van der Waals surface area contributed by atoms with Crippen LogP contribution < -0.4 is 5.76 Å². The summed E-state index contributed by atoms with van der Waals surface area (Å²) in [4.78, 5) is 25.1. The van der Waals surface area contributed by atoms with Crippen LogP contribution in [0.25, 0.3) is 11.1 Å². The van der Waals surface area contributed by atoms with Gasteiger partial charge < -0.3 is 9.52 Å². The zero-order valence-electron chi connectivity index (χ0n) is 11.9. The molecule has 0 saturated carbocycles. The Hall–Kier alpha value is -2.08. The predicted molar refractivity (Wildman–Crippen MR) is 77.3 cm³/mol. The molecule has 0 spiro atoms. The van der Waals surface area contributed by atoms with E-state index in [-0.39, 0.29) is 17.7 Å². The number of rotatable bonds is 4. The summed E-state index contributed by atoms with van der Waals surface area (Å²) in [6.07, 6.45) is 0.664. The van der Waals surface area contributed by atoms with E-state index in [0.29, 0.717) is 25.1 Å². The van der Waals surface area contributed by atoms with Gasteiger partial charge in [0, 0.05) is 19.1 Å². The highest BCUT2D eigenvalue weighted by Gasteiger charge is 2.35. The van der Waals surface area contributed by atoms with Gasteiger partial charge in [-0.25, -0.2) is 4.79 Å². The van der Waals surface area contributed by atoms with Crippen molar-refractivity contribution in [3.8, 4) is 0 Å². The molecule has 0 radical (unpaired) electrons. The van der Waals surface area contributed by atoms with Crippen LogP contribution >= 0.6 is 0 Å². The molecule has 1 fully saturated rings. The van der Waals surface area contributed by atoms with Gasteiger partial charge in [-0.2, -0.15) is 0 Å². The summed E-state index contributed by atoms with van der Waals surface area (Å²) in [6.45, 7) is 3.84. The summed E-state index contributed by atoms with van der Waals surface area (Å²) in [5.41, 5.74) is 1.37. The molecule has 2 unspecified atom stereocenters. The van der Waals surface area contributed by atoms with Gasteiger partial charge in [-0.15, -0.1) is 0 Å². The highest BCUT2D eigenvalue weighted by molar-refractivity contribution is 5.72.